The molecule has 0 aliphatic carbocycles. The average molecular weight is 270 g/mol. The van der Waals surface area contributed by atoms with E-state index in [-0.39, 0.29) is 5.28 Å². The second-order valence-electron chi connectivity index (χ2n) is 4.21. The van der Waals surface area contributed by atoms with Crippen molar-refractivity contribution in [2.45, 2.75) is 0 Å². The van der Waals surface area contributed by atoms with Crippen LogP contribution in [0.3, 0.4) is 0 Å². The van der Waals surface area contributed by atoms with Crippen molar-refractivity contribution in [3.63, 3.8) is 0 Å². The zero-order chi connectivity index (χ0) is 12.8. The Labute approximate surface area is 112 Å². The Morgan fingerprint density at radius 1 is 1.11 bits per heavy atom. The molecule has 0 atom stereocenters. The Kier molecular flexibility index (Phi) is 2.10. The molecule has 0 aliphatic rings. The summed E-state index contributed by atoms with van der Waals surface area (Å²) < 4.78 is 0. The van der Waals surface area contributed by atoms with Gasteiger partial charge >= 0.3 is 0 Å². The number of nitrogens with zero attached hydrogens (tertiary/aromatic N) is 3. The van der Waals surface area contributed by atoms with Crippen molar-refractivity contribution in [2.24, 2.45) is 0 Å². The summed E-state index contributed by atoms with van der Waals surface area (Å²) in [6, 6.07) is 10.1. The van der Waals surface area contributed by atoms with Crippen molar-refractivity contribution in [3.05, 3.63) is 41.9 Å². The summed E-state index contributed by atoms with van der Waals surface area (Å²) in [4.78, 5) is 18.8. The molecule has 0 saturated carbocycles. The molecule has 4 aromatic rings. The minimum Gasteiger partial charge on any atom is -0.353 e. The van der Waals surface area contributed by atoms with E-state index in [0.717, 1.165) is 27.8 Å². The lowest BCUT2D eigenvalue weighted by atomic mass is 10.2. The topological polar surface area (TPSA) is 70.2 Å². The lowest BCUT2D eigenvalue weighted by Gasteiger charge is -1.99. The lowest BCUT2D eigenvalue weighted by Crippen LogP contribution is -1.90. The van der Waals surface area contributed by atoms with E-state index in [9.17, 15) is 0 Å². The monoisotopic (exact) mass is 269 g/mol. The van der Waals surface area contributed by atoms with Gasteiger partial charge in [-0.15, -0.1) is 0 Å². The van der Waals surface area contributed by atoms with Crippen LogP contribution in [0.1, 0.15) is 0 Å². The number of aromatic amines is 2. The van der Waals surface area contributed by atoms with Crippen molar-refractivity contribution in [1.82, 2.24) is 24.9 Å². The summed E-state index contributed by atoms with van der Waals surface area (Å²) in [6.45, 7) is 0. The Morgan fingerprint density at radius 3 is 2.89 bits per heavy atom. The maximum atomic E-state index is 5.94. The van der Waals surface area contributed by atoms with Gasteiger partial charge in [0.25, 0.3) is 0 Å². The van der Waals surface area contributed by atoms with Crippen LogP contribution in [0, 0.1) is 0 Å². The molecule has 5 nitrogen and oxygen atoms in total. The van der Waals surface area contributed by atoms with Gasteiger partial charge in [-0.05, 0) is 23.7 Å². The molecule has 4 rings (SSSR count). The molecule has 0 bridgehead atoms. The van der Waals surface area contributed by atoms with Crippen LogP contribution in [0.2, 0.25) is 5.28 Å². The molecule has 0 saturated heterocycles. The maximum Gasteiger partial charge on any atom is 0.225 e. The van der Waals surface area contributed by atoms with E-state index in [4.69, 9.17) is 11.6 Å². The molecule has 0 radical (unpaired) electrons. The SMILES string of the molecule is Clc1nc(-c2cc3ccccc3[nH]2)c2[nH]cnc2n1. The number of para-hydroxylation sites is 1. The third-order valence-corrected chi connectivity index (χ3v) is 3.21. The van der Waals surface area contributed by atoms with Crippen LogP contribution in [-0.2, 0) is 0 Å². The van der Waals surface area contributed by atoms with Crippen molar-refractivity contribution >= 4 is 33.7 Å². The average Bonchev–Trinajstić information content (AvgIpc) is 3.03. The van der Waals surface area contributed by atoms with Crippen LogP contribution in [0.4, 0.5) is 0 Å². The number of nitrogens with one attached hydrogen (secondary N) is 2. The highest BCUT2D eigenvalue weighted by atomic mass is 35.5. The summed E-state index contributed by atoms with van der Waals surface area (Å²) in [5.74, 6) is 0. The quantitative estimate of drug-likeness (QED) is 0.522. The maximum absolute atomic E-state index is 5.94. The predicted molar refractivity (Wildman–Crippen MR) is 74.0 cm³/mol. The van der Waals surface area contributed by atoms with Gasteiger partial charge < -0.3 is 9.97 Å². The Morgan fingerprint density at radius 2 is 2.00 bits per heavy atom. The zero-order valence-corrected chi connectivity index (χ0v) is 10.4. The highest BCUT2D eigenvalue weighted by molar-refractivity contribution is 6.28. The van der Waals surface area contributed by atoms with E-state index in [1.54, 1.807) is 6.33 Å². The highest BCUT2D eigenvalue weighted by Gasteiger charge is 2.12. The van der Waals surface area contributed by atoms with E-state index >= 15 is 0 Å². The first kappa shape index (κ1) is 10.5. The molecule has 0 aliphatic heterocycles. The van der Waals surface area contributed by atoms with E-state index in [1.165, 1.54) is 0 Å². The normalized spacial score (nSPS) is 11.4. The number of halogens is 1. The summed E-state index contributed by atoms with van der Waals surface area (Å²) in [7, 11) is 0. The molecule has 19 heavy (non-hydrogen) atoms. The number of hydrogen-bond donors (Lipinski definition) is 2. The fourth-order valence-corrected chi connectivity index (χ4v) is 2.37. The number of hydrogen-bond acceptors (Lipinski definition) is 3. The van der Waals surface area contributed by atoms with Gasteiger partial charge in [0.2, 0.25) is 5.28 Å². The van der Waals surface area contributed by atoms with Crippen LogP contribution in [0.25, 0.3) is 33.5 Å². The Bertz CT molecular complexity index is 859. The van der Waals surface area contributed by atoms with Gasteiger partial charge in [-0.2, -0.15) is 4.98 Å². The van der Waals surface area contributed by atoms with Crippen molar-refractivity contribution < 1.29 is 0 Å². The van der Waals surface area contributed by atoms with Gasteiger partial charge in [-0.1, -0.05) is 18.2 Å². The number of H-pyrrole nitrogens is 2. The molecule has 0 spiro atoms. The molecule has 3 aromatic heterocycles. The molecule has 1 aromatic carbocycles. The van der Waals surface area contributed by atoms with Gasteiger partial charge in [-0.3, -0.25) is 0 Å². The number of rotatable bonds is 1. The van der Waals surface area contributed by atoms with Gasteiger partial charge in [0, 0.05) is 10.9 Å². The fraction of sp³-hybridized carbons (Fsp3) is 0. The van der Waals surface area contributed by atoms with Gasteiger partial charge in [0.05, 0.1) is 12.0 Å². The third-order valence-electron chi connectivity index (χ3n) is 3.04. The molecule has 92 valence electrons. The summed E-state index contributed by atoms with van der Waals surface area (Å²) in [5.41, 5.74) is 4.01. The molecule has 0 amide bonds. The molecule has 0 fully saturated rings. The first-order chi connectivity index (χ1) is 9.31. The number of aromatic nitrogens is 5. The van der Waals surface area contributed by atoms with E-state index in [1.807, 2.05) is 30.3 Å². The summed E-state index contributed by atoms with van der Waals surface area (Å²) in [6.07, 6.45) is 1.59. The number of fused-ring (bicyclic) bond motifs is 2. The van der Waals surface area contributed by atoms with Crippen LogP contribution < -0.4 is 0 Å². The van der Waals surface area contributed by atoms with E-state index < -0.39 is 0 Å². The van der Waals surface area contributed by atoms with Crippen LogP contribution in [-0.4, -0.2) is 24.9 Å². The van der Waals surface area contributed by atoms with Crippen molar-refractivity contribution in [3.8, 4) is 11.4 Å². The molecular formula is C13H8ClN5. The van der Waals surface area contributed by atoms with Gasteiger partial charge in [0.15, 0.2) is 5.65 Å². The largest absolute Gasteiger partial charge is 0.353 e. The van der Waals surface area contributed by atoms with Crippen molar-refractivity contribution in [2.75, 3.05) is 0 Å². The third kappa shape index (κ3) is 1.59. The van der Waals surface area contributed by atoms with E-state index in [2.05, 4.69) is 24.9 Å². The lowest BCUT2D eigenvalue weighted by molar-refractivity contribution is 1.19. The molecular weight excluding hydrogens is 262 g/mol. The van der Waals surface area contributed by atoms with E-state index in [0.29, 0.717) is 5.65 Å². The first-order valence-corrected chi connectivity index (χ1v) is 6.14. The molecule has 6 heteroatoms. The zero-order valence-electron chi connectivity index (χ0n) is 9.68. The fourth-order valence-electron chi connectivity index (χ4n) is 2.20. The summed E-state index contributed by atoms with van der Waals surface area (Å²) >= 11 is 5.94. The minimum absolute atomic E-state index is 0.188. The van der Waals surface area contributed by atoms with Crippen LogP contribution >= 0.6 is 11.6 Å². The summed E-state index contributed by atoms with van der Waals surface area (Å²) in [5, 5.41) is 1.31. The van der Waals surface area contributed by atoms with Gasteiger partial charge in [0.1, 0.15) is 11.2 Å². The van der Waals surface area contributed by atoms with Crippen LogP contribution in [0.15, 0.2) is 36.7 Å². The minimum atomic E-state index is 0.188. The van der Waals surface area contributed by atoms with Crippen LogP contribution in [0.5, 0.6) is 0 Å². The Hall–Kier alpha value is -2.40. The Balaban J connectivity index is 2.05. The number of benzene rings is 1. The predicted octanol–water partition coefficient (Wildman–Crippen LogP) is 3.15. The second-order valence-corrected chi connectivity index (χ2v) is 4.55. The molecule has 3 heterocycles. The molecule has 2 N–H and O–H groups in total. The molecule has 0 unspecified atom stereocenters. The second kappa shape index (κ2) is 3.80. The highest BCUT2D eigenvalue weighted by Crippen LogP contribution is 2.27. The standard InChI is InChI=1S/C13H8ClN5/c14-13-18-10(11-12(19-13)16-6-15-11)9-5-7-3-1-2-4-8(7)17-9/h1-6,17H,(H,15,16,18,19). The first-order valence-electron chi connectivity index (χ1n) is 5.76. The number of imidazole rings is 1. The smallest absolute Gasteiger partial charge is 0.225 e. The van der Waals surface area contributed by atoms with Crippen molar-refractivity contribution in [1.29, 1.82) is 0 Å². The van der Waals surface area contributed by atoms with Gasteiger partial charge in [-0.25, -0.2) is 9.97 Å².